The SMILES string of the molecule is CCc1c(C)c2c3c(C(F)(F)F)cc(=O)[nH]c3ccc2n1CC(O)C(F)(F)F. The van der Waals surface area contributed by atoms with Crippen molar-refractivity contribution < 1.29 is 31.4 Å². The number of aliphatic hydroxyl groups excluding tert-OH is 1. The Morgan fingerprint density at radius 2 is 1.79 bits per heavy atom. The second-order valence-electron chi connectivity index (χ2n) is 6.52. The van der Waals surface area contributed by atoms with E-state index in [2.05, 4.69) is 4.98 Å². The van der Waals surface area contributed by atoms with E-state index in [-0.39, 0.29) is 28.2 Å². The highest BCUT2D eigenvalue weighted by Crippen LogP contribution is 2.40. The number of H-pyrrole nitrogens is 1. The van der Waals surface area contributed by atoms with Gasteiger partial charge < -0.3 is 14.7 Å². The fraction of sp³-hybridized carbons (Fsp3) is 0.389. The summed E-state index contributed by atoms with van der Waals surface area (Å²) in [6.07, 6.45) is -12.1. The van der Waals surface area contributed by atoms with Crippen molar-refractivity contribution in [3.8, 4) is 0 Å². The van der Waals surface area contributed by atoms with Crippen molar-refractivity contribution in [1.82, 2.24) is 9.55 Å². The van der Waals surface area contributed by atoms with Gasteiger partial charge >= 0.3 is 12.4 Å². The van der Waals surface area contributed by atoms with Gasteiger partial charge in [-0.15, -0.1) is 0 Å². The van der Waals surface area contributed by atoms with Gasteiger partial charge in [0, 0.05) is 33.6 Å². The number of nitrogens with one attached hydrogen (secondary N) is 1. The molecule has 3 rings (SSSR count). The molecule has 28 heavy (non-hydrogen) atoms. The summed E-state index contributed by atoms with van der Waals surface area (Å²) < 4.78 is 80.4. The van der Waals surface area contributed by atoms with Crippen LogP contribution in [0, 0.1) is 6.92 Å². The van der Waals surface area contributed by atoms with Crippen LogP contribution in [-0.2, 0) is 19.1 Å². The molecular weight excluding hydrogens is 390 g/mol. The van der Waals surface area contributed by atoms with Crippen LogP contribution in [-0.4, -0.2) is 26.9 Å². The van der Waals surface area contributed by atoms with Gasteiger partial charge in [0.15, 0.2) is 6.10 Å². The largest absolute Gasteiger partial charge is 0.417 e. The quantitative estimate of drug-likeness (QED) is 0.638. The number of hydrogen-bond acceptors (Lipinski definition) is 2. The zero-order chi connectivity index (χ0) is 21.0. The van der Waals surface area contributed by atoms with Crippen LogP contribution in [0.2, 0.25) is 0 Å². The summed E-state index contributed by atoms with van der Waals surface area (Å²) in [5.41, 5.74) is -1.27. The number of fused-ring (bicyclic) bond motifs is 3. The molecule has 2 heterocycles. The summed E-state index contributed by atoms with van der Waals surface area (Å²) in [6, 6.07) is 3.02. The Morgan fingerprint density at radius 3 is 2.32 bits per heavy atom. The van der Waals surface area contributed by atoms with Gasteiger partial charge in [-0.25, -0.2) is 0 Å². The molecule has 0 amide bonds. The van der Waals surface area contributed by atoms with Crippen LogP contribution in [0.3, 0.4) is 0 Å². The topological polar surface area (TPSA) is 58.0 Å². The molecule has 10 heteroatoms. The summed E-state index contributed by atoms with van der Waals surface area (Å²) in [7, 11) is 0. The van der Waals surface area contributed by atoms with Gasteiger partial charge in [0.1, 0.15) is 0 Å². The van der Waals surface area contributed by atoms with Crippen molar-refractivity contribution in [3.05, 3.63) is 45.4 Å². The smallest absolute Gasteiger partial charge is 0.382 e. The molecule has 0 saturated carbocycles. The van der Waals surface area contributed by atoms with Crippen molar-refractivity contribution >= 4 is 21.8 Å². The molecule has 152 valence electrons. The number of hydrogen-bond donors (Lipinski definition) is 2. The predicted molar refractivity (Wildman–Crippen MR) is 91.2 cm³/mol. The minimum absolute atomic E-state index is 0.0633. The molecule has 0 fully saturated rings. The van der Waals surface area contributed by atoms with Crippen molar-refractivity contribution in [2.24, 2.45) is 0 Å². The molecule has 0 aliphatic heterocycles. The number of aryl methyl sites for hydroxylation is 1. The van der Waals surface area contributed by atoms with E-state index < -0.39 is 36.1 Å². The number of aromatic nitrogens is 2. The zero-order valence-corrected chi connectivity index (χ0v) is 14.8. The van der Waals surface area contributed by atoms with E-state index in [0.717, 1.165) is 0 Å². The molecule has 4 nitrogen and oxygen atoms in total. The Labute approximate surface area is 154 Å². The summed E-state index contributed by atoms with van der Waals surface area (Å²) in [5, 5.41) is 9.31. The van der Waals surface area contributed by atoms with Crippen LogP contribution >= 0.6 is 0 Å². The molecule has 1 aromatic carbocycles. The molecule has 0 bridgehead atoms. The van der Waals surface area contributed by atoms with E-state index >= 15 is 0 Å². The van der Waals surface area contributed by atoms with Gasteiger partial charge in [-0.2, -0.15) is 26.3 Å². The average Bonchev–Trinajstić information content (AvgIpc) is 2.83. The first-order valence-electron chi connectivity index (χ1n) is 8.36. The van der Waals surface area contributed by atoms with Crippen LogP contribution in [0.25, 0.3) is 21.8 Å². The molecule has 0 aliphatic rings. The van der Waals surface area contributed by atoms with Crippen LogP contribution in [0.15, 0.2) is 23.0 Å². The third-order valence-electron chi connectivity index (χ3n) is 4.78. The number of benzene rings is 1. The van der Waals surface area contributed by atoms with E-state index in [0.29, 0.717) is 17.3 Å². The Balaban J connectivity index is 2.43. The highest BCUT2D eigenvalue weighted by atomic mass is 19.4. The molecule has 0 saturated heterocycles. The van der Waals surface area contributed by atoms with E-state index in [1.807, 2.05) is 0 Å². The van der Waals surface area contributed by atoms with E-state index in [4.69, 9.17) is 0 Å². The number of halogens is 6. The fourth-order valence-corrected chi connectivity index (χ4v) is 3.61. The van der Waals surface area contributed by atoms with E-state index in [9.17, 15) is 36.2 Å². The first-order chi connectivity index (χ1) is 12.9. The van der Waals surface area contributed by atoms with Crippen molar-refractivity contribution in [2.45, 2.75) is 45.3 Å². The van der Waals surface area contributed by atoms with Gasteiger partial charge in [0.05, 0.1) is 12.1 Å². The Morgan fingerprint density at radius 1 is 1.14 bits per heavy atom. The summed E-state index contributed by atoms with van der Waals surface area (Å²) in [6.45, 7) is 2.34. The van der Waals surface area contributed by atoms with Gasteiger partial charge in [-0.3, -0.25) is 4.79 Å². The summed E-state index contributed by atoms with van der Waals surface area (Å²) in [5.74, 6) is 0. The Hall–Kier alpha value is -2.49. The maximum atomic E-state index is 13.6. The predicted octanol–water partition coefficient (Wildman–Crippen LogP) is 4.30. The highest BCUT2D eigenvalue weighted by Gasteiger charge is 2.39. The number of alkyl halides is 6. The molecular formula is C18H16F6N2O2. The van der Waals surface area contributed by atoms with Crippen molar-refractivity contribution in [3.63, 3.8) is 0 Å². The average molecular weight is 406 g/mol. The second kappa shape index (κ2) is 6.54. The maximum Gasteiger partial charge on any atom is 0.417 e. The van der Waals surface area contributed by atoms with Crippen molar-refractivity contribution in [2.75, 3.05) is 0 Å². The van der Waals surface area contributed by atoms with Gasteiger partial charge in [-0.05, 0) is 31.0 Å². The zero-order valence-electron chi connectivity index (χ0n) is 14.8. The number of aliphatic hydroxyl groups is 1. The molecule has 1 atom stereocenters. The maximum absolute atomic E-state index is 13.6. The first-order valence-corrected chi connectivity index (χ1v) is 8.36. The molecule has 0 spiro atoms. The monoisotopic (exact) mass is 406 g/mol. The van der Waals surface area contributed by atoms with Crippen LogP contribution in [0.4, 0.5) is 26.3 Å². The highest BCUT2D eigenvalue weighted by molar-refractivity contribution is 6.09. The second-order valence-corrected chi connectivity index (χ2v) is 6.52. The first kappa shape index (κ1) is 20.2. The Kier molecular flexibility index (Phi) is 4.73. The molecule has 0 aliphatic carbocycles. The standard InChI is InChI=1S/C18H16F6N2O2/c1-3-11-8(2)15-12(26(11)7-13(27)18(22,23)24)5-4-10-16(15)9(17(19,20)21)6-14(28)25-10/h4-6,13,27H,3,7H2,1-2H3,(H,25,28). The van der Waals surface area contributed by atoms with Crippen LogP contribution in [0.5, 0.6) is 0 Å². The minimum atomic E-state index is -4.87. The molecule has 3 aromatic rings. The lowest BCUT2D eigenvalue weighted by atomic mass is 10.0. The van der Waals surface area contributed by atoms with Gasteiger partial charge in [0.2, 0.25) is 5.56 Å². The molecule has 2 aromatic heterocycles. The third kappa shape index (κ3) is 3.25. The molecule has 1 unspecified atom stereocenters. The Bertz CT molecular complexity index is 1110. The lowest BCUT2D eigenvalue weighted by Gasteiger charge is -2.18. The number of rotatable bonds is 3. The minimum Gasteiger partial charge on any atom is -0.382 e. The van der Waals surface area contributed by atoms with Crippen LogP contribution < -0.4 is 5.56 Å². The van der Waals surface area contributed by atoms with Gasteiger partial charge in [0.25, 0.3) is 0 Å². The van der Waals surface area contributed by atoms with Crippen molar-refractivity contribution in [1.29, 1.82) is 0 Å². The summed E-state index contributed by atoms with van der Waals surface area (Å²) >= 11 is 0. The normalized spacial score (nSPS) is 14.2. The number of aromatic amines is 1. The number of nitrogens with zero attached hydrogens (tertiary/aromatic N) is 1. The molecule has 0 radical (unpaired) electrons. The van der Waals surface area contributed by atoms with E-state index in [1.165, 1.54) is 23.6 Å². The summed E-state index contributed by atoms with van der Waals surface area (Å²) in [4.78, 5) is 14.0. The van der Waals surface area contributed by atoms with Gasteiger partial charge in [-0.1, -0.05) is 6.92 Å². The lowest BCUT2D eigenvalue weighted by Crippen LogP contribution is -2.33. The fourth-order valence-electron chi connectivity index (χ4n) is 3.61. The van der Waals surface area contributed by atoms with Crippen LogP contribution in [0.1, 0.15) is 23.7 Å². The third-order valence-corrected chi connectivity index (χ3v) is 4.78. The molecule has 2 N–H and O–H groups in total. The van der Waals surface area contributed by atoms with E-state index in [1.54, 1.807) is 6.92 Å². The number of pyridine rings is 1. The lowest BCUT2D eigenvalue weighted by molar-refractivity contribution is -0.207.